The highest BCUT2D eigenvalue weighted by atomic mass is 32.2. The van der Waals surface area contributed by atoms with Crippen LogP contribution in [0.5, 0.6) is 11.5 Å². The van der Waals surface area contributed by atoms with Gasteiger partial charge in [0.2, 0.25) is 10.0 Å². The summed E-state index contributed by atoms with van der Waals surface area (Å²) in [6, 6.07) is 10.6. The number of hydrogen-bond acceptors (Lipinski definition) is 4. The molecule has 1 N–H and O–H groups in total. The van der Waals surface area contributed by atoms with Crippen LogP contribution in [0, 0.1) is 5.82 Å². The Kier molecular flexibility index (Phi) is 3.69. The van der Waals surface area contributed by atoms with Gasteiger partial charge in [-0.05, 0) is 36.2 Å². The summed E-state index contributed by atoms with van der Waals surface area (Å²) in [5.74, 6) is 0.774. The normalized spacial score (nSPS) is 22.2. The van der Waals surface area contributed by atoms with Gasteiger partial charge in [0.1, 0.15) is 19.0 Å². The van der Waals surface area contributed by atoms with Crippen LogP contribution in [0.2, 0.25) is 0 Å². The smallest absolute Gasteiger partial charge is 0.240 e. The maximum atomic E-state index is 13.0. The van der Waals surface area contributed by atoms with Gasteiger partial charge in [-0.25, -0.2) is 17.5 Å². The second-order valence-electron chi connectivity index (χ2n) is 5.93. The van der Waals surface area contributed by atoms with Crippen molar-refractivity contribution in [3.8, 4) is 11.5 Å². The predicted molar refractivity (Wildman–Crippen MR) is 85.3 cm³/mol. The van der Waals surface area contributed by atoms with Crippen LogP contribution in [0.4, 0.5) is 4.39 Å². The molecule has 0 unspecified atom stereocenters. The summed E-state index contributed by atoms with van der Waals surface area (Å²) in [7, 11) is -3.64. The predicted octanol–water partition coefficient (Wildman–Crippen LogP) is 2.43. The summed E-state index contributed by atoms with van der Waals surface area (Å²) in [5, 5.41) is 0. The molecule has 1 aliphatic heterocycles. The third-order valence-electron chi connectivity index (χ3n) is 4.22. The van der Waals surface area contributed by atoms with Gasteiger partial charge < -0.3 is 9.47 Å². The van der Waals surface area contributed by atoms with E-state index in [-0.39, 0.29) is 22.7 Å². The first-order valence-electron chi connectivity index (χ1n) is 7.70. The van der Waals surface area contributed by atoms with Crippen molar-refractivity contribution in [1.29, 1.82) is 0 Å². The molecule has 0 radical (unpaired) electrons. The number of sulfonamides is 1. The maximum absolute atomic E-state index is 13.0. The number of halogens is 1. The lowest BCUT2D eigenvalue weighted by molar-refractivity contribution is 0.171. The minimum atomic E-state index is -3.64. The quantitative estimate of drug-likeness (QED) is 0.921. The fourth-order valence-corrected chi connectivity index (χ4v) is 4.17. The van der Waals surface area contributed by atoms with Crippen molar-refractivity contribution in [3.63, 3.8) is 0 Å². The van der Waals surface area contributed by atoms with Crippen LogP contribution in [0.1, 0.15) is 17.9 Å². The van der Waals surface area contributed by atoms with E-state index >= 15 is 0 Å². The molecular weight excluding hydrogens is 333 g/mol. The van der Waals surface area contributed by atoms with Gasteiger partial charge in [-0.2, -0.15) is 0 Å². The molecule has 2 atom stereocenters. The summed E-state index contributed by atoms with van der Waals surface area (Å²) in [4.78, 5) is 0.150. The maximum Gasteiger partial charge on any atom is 0.240 e. The van der Waals surface area contributed by atoms with Crippen LogP contribution >= 0.6 is 0 Å². The Bertz CT molecular complexity index is 867. The molecule has 1 fully saturated rings. The standard InChI is InChI=1S/C17H16FNO4S/c18-12-3-1-11(2-4-12)14-10-15(14)19-24(20,21)13-5-6-16-17(9-13)23-8-7-22-16/h1-6,9,14-15,19H,7-8,10H2/t14-,15+/m1/s1. The zero-order valence-electron chi connectivity index (χ0n) is 12.7. The lowest BCUT2D eigenvalue weighted by atomic mass is 10.1. The van der Waals surface area contributed by atoms with Crippen molar-refractivity contribution >= 4 is 10.0 Å². The van der Waals surface area contributed by atoms with E-state index in [9.17, 15) is 12.8 Å². The molecule has 2 aliphatic rings. The van der Waals surface area contributed by atoms with Gasteiger partial charge in [0.15, 0.2) is 11.5 Å². The number of hydrogen-bond donors (Lipinski definition) is 1. The van der Waals surface area contributed by atoms with Crippen LogP contribution in [0.15, 0.2) is 47.4 Å². The van der Waals surface area contributed by atoms with Gasteiger partial charge in [0.05, 0.1) is 4.90 Å². The first-order valence-corrected chi connectivity index (χ1v) is 9.19. The lowest BCUT2D eigenvalue weighted by Crippen LogP contribution is -2.27. The highest BCUT2D eigenvalue weighted by Crippen LogP contribution is 2.42. The molecule has 0 aromatic heterocycles. The molecule has 0 amide bonds. The first-order chi connectivity index (χ1) is 11.5. The SMILES string of the molecule is O=S(=O)(N[C@H]1C[C@@H]1c1ccc(F)cc1)c1ccc2c(c1)OCCO2. The minimum Gasteiger partial charge on any atom is -0.486 e. The largest absolute Gasteiger partial charge is 0.486 e. The van der Waals surface area contributed by atoms with E-state index in [1.807, 2.05) is 0 Å². The van der Waals surface area contributed by atoms with Gasteiger partial charge in [-0.15, -0.1) is 0 Å². The van der Waals surface area contributed by atoms with Crippen LogP contribution < -0.4 is 14.2 Å². The molecule has 1 saturated carbocycles. The number of rotatable bonds is 4. The zero-order chi connectivity index (χ0) is 16.7. The highest BCUT2D eigenvalue weighted by Gasteiger charge is 2.41. The first kappa shape index (κ1) is 15.4. The third kappa shape index (κ3) is 2.97. The molecule has 7 heteroatoms. The van der Waals surface area contributed by atoms with E-state index in [2.05, 4.69) is 4.72 Å². The number of benzene rings is 2. The fourth-order valence-electron chi connectivity index (χ4n) is 2.86. The summed E-state index contributed by atoms with van der Waals surface area (Å²) in [5.41, 5.74) is 0.936. The summed E-state index contributed by atoms with van der Waals surface area (Å²) < 4.78 is 51.6. The van der Waals surface area contributed by atoms with E-state index in [0.29, 0.717) is 31.1 Å². The van der Waals surface area contributed by atoms with Crippen molar-refractivity contribution in [2.45, 2.75) is 23.3 Å². The fraction of sp³-hybridized carbons (Fsp3) is 0.294. The Labute approximate surface area is 139 Å². The zero-order valence-corrected chi connectivity index (χ0v) is 13.6. The molecule has 24 heavy (non-hydrogen) atoms. The Morgan fingerprint density at radius 3 is 2.46 bits per heavy atom. The van der Waals surface area contributed by atoms with Crippen LogP contribution in [0.3, 0.4) is 0 Å². The van der Waals surface area contributed by atoms with Gasteiger partial charge in [-0.3, -0.25) is 0 Å². The molecule has 0 saturated heterocycles. The Hall–Kier alpha value is -2.12. The van der Waals surface area contributed by atoms with E-state index in [1.165, 1.54) is 24.3 Å². The minimum absolute atomic E-state index is 0.0811. The summed E-state index contributed by atoms with van der Waals surface area (Å²) in [6.07, 6.45) is 0.704. The average Bonchev–Trinajstić information content (AvgIpc) is 3.33. The Balaban J connectivity index is 1.49. The van der Waals surface area contributed by atoms with Crippen molar-refractivity contribution in [2.24, 2.45) is 0 Å². The second-order valence-corrected chi connectivity index (χ2v) is 7.64. The van der Waals surface area contributed by atoms with Crippen LogP contribution in [-0.2, 0) is 10.0 Å². The van der Waals surface area contributed by atoms with Crippen LogP contribution in [0.25, 0.3) is 0 Å². The molecule has 2 aromatic rings. The highest BCUT2D eigenvalue weighted by molar-refractivity contribution is 7.89. The second kappa shape index (κ2) is 5.75. The van der Waals surface area contributed by atoms with Gasteiger partial charge in [-0.1, -0.05) is 12.1 Å². The van der Waals surface area contributed by atoms with Crippen molar-refractivity contribution in [2.75, 3.05) is 13.2 Å². The molecule has 2 aromatic carbocycles. The molecule has 5 nitrogen and oxygen atoms in total. The van der Waals surface area contributed by atoms with Gasteiger partial charge in [0.25, 0.3) is 0 Å². The monoisotopic (exact) mass is 349 g/mol. The molecule has 126 valence electrons. The van der Waals surface area contributed by atoms with E-state index < -0.39 is 10.0 Å². The third-order valence-corrected chi connectivity index (χ3v) is 5.71. The lowest BCUT2D eigenvalue weighted by Gasteiger charge is -2.19. The van der Waals surface area contributed by atoms with E-state index in [4.69, 9.17) is 9.47 Å². The molecule has 1 aliphatic carbocycles. The Morgan fingerprint density at radius 2 is 1.71 bits per heavy atom. The summed E-state index contributed by atoms with van der Waals surface area (Å²) >= 11 is 0. The molecule has 0 spiro atoms. The molecule has 4 rings (SSSR count). The average molecular weight is 349 g/mol. The van der Waals surface area contributed by atoms with E-state index in [1.54, 1.807) is 18.2 Å². The van der Waals surface area contributed by atoms with Gasteiger partial charge >= 0.3 is 0 Å². The number of ether oxygens (including phenoxy) is 2. The summed E-state index contributed by atoms with van der Waals surface area (Å²) in [6.45, 7) is 0.859. The molecular formula is C17H16FNO4S. The molecule has 0 bridgehead atoms. The Morgan fingerprint density at radius 1 is 1.00 bits per heavy atom. The van der Waals surface area contributed by atoms with Crippen LogP contribution in [-0.4, -0.2) is 27.7 Å². The van der Waals surface area contributed by atoms with E-state index in [0.717, 1.165) is 5.56 Å². The van der Waals surface area contributed by atoms with Crippen molar-refractivity contribution < 1.29 is 22.3 Å². The van der Waals surface area contributed by atoms with Gasteiger partial charge in [0, 0.05) is 18.0 Å². The topological polar surface area (TPSA) is 64.6 Å². The van der Waals surface area contributed by atoms with Crippen molar-refractivity contribution in [3.05, 3.63) is 53.8 Å². The number of nitrogens with one attached hydrogen (secondary N) is 1. The molecule has 1 heterocycles. The van der Waals surface area contributed by atoms with Crippen molar-refractivity contribution in [1.82, 2.24) is 4.72 Å². The number of fused-ring (bicyclic) bond motifs is 1.